The average Bonchev–Trinajstić information content (AvgIpc) is 2.29. The van der Waals surface area contributed by atoms with Crippen LogP contribution in [0, 0.1) is 5.82 Å². The van der Waals surface area contributed by atoms with Gasteiger partial charge in [-0.15, -0.1) is 0 Å². The fraction of sp³-hybridized carbons (Fsp3) is 0.417. The van der Waals surface area contributed by atoms with E-state index in [0.29, 0.717) is 25.0 Å². The molecule has 0 radical (unpaired) electrons. The molecule has 0 unspecified atom stereocenters. The van der Waals surface area contributed by atoms with Crippen LogP contribution in [0.2, 0.25) is 0 Å². The summed E-state index contributed by atoms with van der Waals surface area (Å²) in [6.45, 7) is 0.477. The molecule has 1 aliphatic rings. The summed E-state index contributed by atoms with van der Waals surface area (Å²) in [7, 11) is 0. The number of ether oxygens (including phenoxy) is 1. The van der Waals surface area contributed by atoms with Gasteiger partial charge in [-0.05, 0) is 29.7 Å². The van der Waals surface area contributed by atoms with E-state index in [0.717, 1.165) is 5.56 Å². The van der Waals surface area contributed by atoms with Crippen molar-refractivity contribution in [2.75, 3.05) is 13.2 Å². The second-order valence-electron chi connectivity index (χ2n) is 4.02. The second-order valence-corrected chi connectivity index (χ2v) is 4.02. The number of primary amides is 1. The van der Waals surface area contributed by atoms with Crippen LogP contribution in [0.25, 0.3) is 0 Å². The third kappa shape index (κ3) is 2.30. The van der Waals surface area contributed by atoms with Crippen molar-refractivity contribution < 1.29 is 19.0 Å². The van der Waals surface area contributed by atoms with E-state index in [-0.39, 0.29) is 18.3 Å². The molecule has 1 aromatic carbocycles. The van der Waals surface area contributed by atoms with Gasteiger partial charge in [-0.1, -0.05) is 0 Å². The van der Waals surface area contributed by atoms with Gasteiger partial charge in [0.05, 0.1) is 18.3 Å². The minimum absolute atomic E-state index is 0.0245. The van der Waals surface area contributed by atoms with Gasteiger partial charge in [0.15, 0.2) is 0 Å². The van der Waals surface area contributed by atoms with Gasteiger partial charge in [0.25, 0.3) is 5.91 Å². The Morgan fingerprint density at radius 3 is 3.00 bits per heavy atom. The van der Waals surface area contributed by atoms with Gasteiger partial charge in [0.1, 0.15) is 5.82 Å². The topological polar surface area (TPSA) is 72.6 Å². The van der Waals surface area contributed by atoms with E-state index in [9.17, 15) is 9.18 Å². The lowest BCUT2D eigenvalue weighted by atomic mass is 9.93. The fourth-order valence-electron chi connectivity index (χ4n) is 2.10. The number of hydrogen-bond donors (Lipinski definition) is 2. The number of carbonyl (C=O) groups excluding carboxylic acids is 1. The number of fused-ring (bicyclic) bond motifs is 1. The van der Waals surface area contributed by atoms with Crippen LogP contribution in [0.5, 0.6) is 0 Å². The summed E-state index contributed by atoms with van der Waals surface area (Å²) in [6, 6.07) is 2.77. The van der Waals surface area contributed by atoms with Gasteiger partial charge in [0.2, 0.25) is 0 Å². The average molecular weight is 239 g/mol. The van der Waals surface area contributed by atoms with E-state index in [2.05, 4.69) is 0 Å². The smallest absolute Gasteiger partial charge is 0.251 e. The van der Waals surface area contributed by atoms with Crippen molar-refractivity contribution in [3.05, 3.63) is 34.6 Å². The lowest BCUT2D eigenvalue weighted by Crippen LogP contribution is -2.20. The van der Waals surface area contributed by atoms with Gasteiger partial charge < -0.3 is 15.6 Å². The molecular formula is C12H14FNO3. The highest BCUT2D eigenvalue weighted by atomic mass is 19.1. The van der Waals surface area contributed by atoms with E-state index < -0.39 is 11.7 Å². The lowest BCUT2D eigenvalue weighted by Gasteiger charge is -2.26. The molecular weight excluding hydrogens is 225 g/mol. The molecule has 2 rings (SSSR count). The summed E-state index contributed by atoms with van der Waals surface area (Å²) < 4.78 is 19.1. The largest absolute Gasteiger partial charge is 0.396 e. The predicted octanol–water partition coefficient (Wildman–Crippen LogP) is 0.921. The van der Waals surface area contributed by atoms with Crippen molar-refractivity contribution in [3.8, 4) is 0 Å². The number of nitrogens with two attached hydrogens (primary N) is 1. The second kappa shape index (κ2) is 4.81. The Kier molecular flexibility index (Phi) is 3.40. The highest BCUT2D eigenvalue weighted by Gasteiger charge is 2.23. The zero-order chi connectivity index (χ0) is 12.4. The maximum Gasteiger partial charge on any atom is 0.251 e. The highest BCUT2D eigenvalue weighted by molar-refractivity contribution is 5.93. The number of rotatable bonds is 3. The van der Waals surface area contributed by atoms with Crippen molar-refractivity contribution in [2.24, 2.45) is 5.73 Å². The Hall–Kier alpha value is -1.46. The summed E-state index contributed by atoms with van der Waals surface area (Å²) in [4.78, 5) is 11.0. The molecule has 0 spiro atoms. The number of benzene rings is 1. The molecule has 3 N–H and O–H groups in total. The third-order valence-corrected chi connectivity index (χ3v) is 2.92. The molecule has 0 bridgehead atoms. The number of hydrogen-bond acceptors (Lipinski definition) is 3. The predicted molar refractivity (Wildman–Crippen MR) is 59.0 cm³/mol. The summed E-state index contributed by atoms with van der Waals surface area (Å²) in [5.41, 5.74) is 6.57. The molecule has 0 saturated heterocycles. The summed E-state index contributed by atoms with van der Waals surface area (Å²) in [5, 5.41) is 8.91. The maximum absolute atomic E-state index is 13.6. The van der Waals surface area contributed by atoms with Crippen LogP contribution in [-0.4, -0.2) is 24.2 Å². The van der Waals surface area contributed by atoms with Gasteiger partial charge in [-0.2, -0.15) is 0 Å². The molecule has 17 heavy (non-hydrogen) atoms. The van der Waals surface area contributed by atoms with Crippen molar-refractivity contribution in [1.82, 2.24) is 0 Å². The van der Waals surface area contributed by atoms with Crippen molar-refractivity contribution in [1.29, 1.82) is 0 Å². The molecule has 1 aromatic rings. The van der Waals surface area contributed by atoms with Crippen LogP contribution < -0.4 is 5.73 Å². The normalized spacial score (nSPS) is 18.8. The first-order chi connectivity index (χ1) is 8.13. The SMILES string of the molecule is NC(=O)c1cc2c(cc1F)[C@H](CCO)OCC2. The van der Waals surface area contributed by atoms with Gasteiger partial charge in [0, 0.05) is 13.0 Å². The van der Waals surface area contributed by atoms with Crippen LogP contribution in [0.4, 0.5) is 4.39 Å². The molecule has 0 fully saturated rings. The zero-order valence-electron chi connectivity index (χ0n) is 9.28. The van der Waals surface area contributed by atoms with Crippen LogP contribution in [-0.2, 0) is 11.2 Å². The molecule has 1 atom stereocenters. The minimum atomic E-state index is -0.768. The first-order valence-electron chi connectivity index (χ1n) is 5.48. The minimum Gasteiger partial charge on any atom is -0.396 e. The molecule has 1 heterocycles. The number of aliphatic hydroxyl groups excluding tert-OH is 1. The van der Waals surface area contributed by atoms with Gasteiger partial charge in [-0.3, -0.25) is 4.79 Å². The molecule has 1 aliphatic heterocycles. The van der Waals surface area contributed by atoms with Crippen molar-refractivity contribution in [2.45, 2.75) is 18.9 Å². The van der Waals surface area contributed by atoms with E-state index in [1.165, 1.54) is 12.1 Å². The maximum atomic E-state index is 13.6. The number of aliphatic hydroxyl groups is 1. The Labute approximate surface area is 98.2 Å². The number of amides is 1. The van der Waals surface area contributed by atoms with E-state index in [4.69, 9.17) is 15.6 Å². The highest BCUT2D eigenvalue weighted by Crippen LogP contribution is 2.31. The Morgan fingerprint density at radius 1 is 1.59 bits per heavy atom. The monoisotopic (exact) mass is 239 g/mol. The standard InChI is InChI=1S/C12H14FNO3/c13-10-6-8-7(5-9(10)12(14)16)2-4-17-11(8)1-3-15/h5-6,11,15H,1-4H2,(H2,14,16)/t11-/m0/s1. The molecule has 0 aliphatic carbocycles. The van der Waals surface area contributed by atoms with Crippen molar-refractivity contribution in [3.63, 3.8) is 0 Å². The first-order valence-corrected chi connectivity index (χ1v) is 5.48. The lowest BCUT2D eigenvalue weighted by molar-refractivity contribution is 0.0250. The zero-order valence-corrected chi connectivity index (χ0v) is 9.28. The van der Waals surface area contributed by atoms with Crippen molar-refractivity contribution >= 4 is 5.91 Å². The molecule has 92 valence electrons. The molecule has 0 saturated carbocycles. The molecule has 4 nitrogen and oxygen atoms in total. The summed E-state index contributed by atoms with van der Waals surface area (Å²) in [5.74, 6) is -1.40. The molecule has 5 heteroatoms. The van der Waals surface area contributed by atoms with E-state index in [1.54, 1.807) is 0 Å². The van der Waals surface area contributed by atoms with Crippen LogP contribution in [0.15, 0.2) is 12.1 Å². The van der Waals surface area contributed by atoms with Crippen LogP contribution in [0.1, 0.15) is 34.0 Å². The molecule has 0 aromatic heterocycles. The van der Waals surface area contributed by atoms with E-state index in [1.807, 2.05) is 0 Å². The Morgan fingerprint density at radius 2 is 2.35 bits per heavy atom. The van der Waals surface area contributed by atoms with Crippen LogP contribution in [0.3, 0.4) is 0 Å². The fourth-order valence-corrected chi connectivity index (χ4v) is 2.10. The first kappa shape index (κ1) is 12.0. The number of carbonyl (C=O) groups is 1. The summed E-state index contributed by atoms with van der Waals surface area (Å²) >= 11 is 0. The van der Waals surface area contributed by atoms with E-state index >= 15 is 0 Å². The van der Waals surface area contributed by atoms with Crippen LogP contribution >= 0.6 is 0 Å². The van der Waals surface area contributed by atoms with Gasteiger partial charge in [-0.25, -0.2) is 4.39 Å². The van der Waals surface area contributed by atoms with Gasteiger partial charge >= 0.3 is 0 Å². The number of halogens is 1. The Bertz CT molecular complexity index is 448. The summed E-state index contributed by atoms with van der Waals surface area (Å²) in [6.07, 6.45) is 0.736. The Balaban J connectivity index is 2.43. The quantitative estimate of drug-likeness (QED) is 0.823. The molecule has 1 amide bonds. The third-order valence-electron chi connectivity index (χ3n) is 2.92.